The van der Waals surface area contributed by atoms with E-state index in [-0.39, 0.29) is 11.6 Å². The number of rotatable bonds is 3. The molecule has 0 atom stereocenters. The van der Waals surface area contributed by atoms with Gasteiger partial charge in [0.15, 0.2) is 5.78 Å². The van der Waals surface area contributed by atoms with Crippen LogP contribution in [0.2, 0.25) is 0 Å². The molecule has 1 aromatic heterocycles. The summed E-state index contributed by atoms with van der Waals surface area (Å²) in [5.41, 5.74) is 0.545. The number of Topliss-reactive ketones (excluding diaryl/α,β-unsaturated/α-hetero) is 1. The van der Waals surface area contributed by atoms with E-state index in [4.69, 9.17) is 4.74 Å². The minimum absolute atomic E-state index is 0.0575. The Balaban J connectivity index is 1.83. The Morgan fingerprint density at radius 1 is 1.09 bits per heavy atom. The molecule has 3 rings (SSSR count). The number of halogens is 1. The molecule has 5 heteroatoms. The lowest BCUT2D eigenvalue weighted by atomic mass is 10.1. The molecular weight excluding hydrogens is 303 g/mol. The molecule has 0 saturated heterocycles. The van der Waals surface area contributed by atoms with Crippen molar-refractivity contribution in [3.05, 3.63) is 64.8 Å². The predicted octanol–water partition coefficient (Wildman–Crippen LogP) is 4.46. The first-order valence-electron chi connectivity index (χ1n) is 6.56. The molecule has 0 fully saturated rings. The van der Waals surface area contributed by atoms with Gasteiger partial charge in [0.25, 0.3) is 0 Å². The number of hydrogen-bond donors (Lipinski definition) is 0. The molecule has 0 aliphatic rings. The third-order valence-corrected chi connectivity index (χ3v) is 4.26. The summed E-state index contributed by atoms with van der Waals surface area (Å²) in [5, 5.41) is 0.409. The number of carbonyl (C=O) groups excluding carboxylic acids is 2. The molecule has 22 heavy (non-hydrogen) atoms. The van der Waals surface area contributed by atoms with Crippen molar-refractivity contribution in [1.82, 2.24) is 0 Å². The van der Waals surface area contributed by atoms with Crippen LogP contribution < -0.4 is 4.74 Å². The van der Waals surface area contributed by atoms with Gasteiger partial charge >= 0.3 is 5.97 Å². The monoisotopic (exact) mass is 314 g/mol. The average Bonchev–Trinajstić information content (AvgIpc) is 2.93. The van der Waals surface area contributed by atoms with Crippen molar-refractivity contribution < 1.29 is 18.7 Å². The Hall–Kier alpha value is -2.53. The van der Waals surface area contributed by atoms with Crippen LogP contribution in [0.1, 0.15) is 27.0 Å². The summed E-state index contributed by atoms with van der Waals surface area (Å²) >= 11 is 1.18. The molecule has 0 N–H and O–H groups in total. The first-order valence-corrected chi connectivity index (χ1v) is 7.37. The van der Waals surface area contributed by atoms with Crippen molar-refractivity contribution in [1.29, 1.82) is 0 Å². The van der Waals surface area contributed by atoms with Gasteiger partial charge in [-0.25, -0.2) is 9.18 Å². The molecule has 0 spiro atoms. The largest absolute Gasteiger partial charge is 0.422 e. The maximum absolute atomic E-state index is 13.6. The molecule has 0 aliphatic carbocycles. The van der Waals surface area contributed by atoms with Gasteiger partial charge in [-0.1, -0.05) is 6.07 Å². The van der Waals surface area contributed by atoms with Gasteiger partial charge in [0.2, 0.25) is 0 Å². The maximum atomic E-state index is 13.6. The number of carbonyl (C=O) groups is 2. The Morgan fingerprint density at radius 2 is 1.82 bits per heavy atom. The molecule has 0 radical (unpaired) electrons. The van der Waals surface area contributed by atoms with E-state index in [0.29, 0.717) is 26.3 Å². The summed E-state index contributed by atoms with van der Waals surface area (Å²) in [6.45, 7) is 1.47. The molecule has 1 heterocycles. The van der Waals surface area contributed by atoms with Gasteiger partial charge in [-0.15, -0.1) is 11.3 Å². The maximum Gasteiger partial charge on any atom is 0.353 e. The van der Waals surface area contributed by atoms with E-state index in [0.717, 1.165) is 0 Å². The highest BCUT2D eigenvalue weighted by molar-refractivity contribution is 7.20. The van der Waals surface area contributed by atoms with Crippen LogP contribution in [0, 0.1) is 5.82 Å². The molecule has 0 aliphatic heterocycles. The molecule has 3 nitrogen and oxygen atoms in total. The van der Waals surface area contributed by atoms with Crippen LogP contribution >= 0.6 is 11.3 Å². The SMILES string of the molecule is CC(=O)c1ccc(OC(=O)c2cc3c(F)cccc3s2)cc1. The fraction of sp³-hybridized carbons (Fsp3) is 0.0588. The number of esters is 1. The minimum atomic E-state index is -0.545. The standard InChI is InChI=1S/C17H11FO3S/c1-10(19)11-5-7-12(8-6-11)21-17(20)16-9-13-14(18)3-2-4-15(13)22-16/h2-9H,1H3. The second kappa shape index (κ2) is 5.69. The van der Waals surface area contributed by atoms with Gasteiger partial charge in [0, 0.05) is 15.6 Å². The lowest BCUT2D eigenvalue weighted by Crippen LogP contribution is -2.06. The van der Waals surface area contributed by atoms with Gasteiger partial charge < -0.3 is 4.74 Å². The lowest BCUT2D eigenvalue weighted by Gasteiger charge is -2.03. The molecule has 0 bridgehead atoms. The topological polar surface area (TPSA) is 43.4 Å². The third kappa shape index (κ3) is 2.76. The molecule has 0 saturated carbocycles. The van der Waals surface area contributed by atoms with Crippen molar-refractivity contribution in [2.24, 2.45) is 0 Å². The van der Waals surface area contributed by atoms with Crippen LogP contribution in [-0.4, -0.2) is 11.8 Å². The highest BCUT2D eigenvalue weighted by Crippen LogP contribution is 2.28. The zero-order chi connectivity index (χ0) is 15.7. The van der Waals surface area contributed by atoms with Crippen molar-refractivity contribution in [3.8, 4) is 5.75 Å². The number of benzene rings is 2. The van der Waals surface area contributed by atoms with E-state index >= 15 is 0 Å². The van der Waals surface area contributed by atoms with E-state index in [1.807, 2.05) is 0 Å². The Bertz CT molecular complexity index is 865. The van der Waals surface area contributed by atoms with Gasteiger partial charge in [0.1, 0.15) is 16.4 Å². The lowest BCUT2D eigenvalue weighted by molar-refractivity contribution is 0.0740. The van der Waals surface area contributed by atoms with Crippen molar-refractivity contribution in [2.45, 2.75) is 6.92 Å². The fourth-order valence-electron chi connectivity index (χ4n) is 2.04. The first kappa shape index (κ1) is 14.4. The predicted molar refractivity (Wildman–Crippen MR) is 83.2 cm³/mol. The minimum Gasteiger partial charge on any atom is -0.422 e. The second-order valence-electron chi connectivity index (χ2n) is 4.73. The smallest absolute Gasteiger partial charge is 0.353 e. The molecule has 110 valence electrons. The molecule has 2 aromatic carbocycles. The fourth-order valence-corrected chi connectivity index (χ4v) is 2.99. The summed E-state index contributed by atoms with van der Waals surface area (Å²) in [7, 11) is 0. The average molecular weight is 314 g/mol. The van der Waals surface area contributed by atoms with Crippen molar-refractivity contribution in [3.63, 3.8) is 0 Å². The van der Waals surface area contributed by atoms with Crippen molar-refractivity contribution >= 4 is 33.2 Å². The van der Waals surface area contributed by atoms with Crippen LogP contribution in [0.4, 0.5) is 4.39 Å². The van der Waals surface area contributed by atoms with E-state index in [1.165, 1.54) is 30.4 Å². The Labute approximate surface area is 130 Å². The van der Waals surface area contributed by atoms with E-state index < -0.39 is 5.97 Å². The van der Waals surface area contributed by atoms with E-state index in [9.17, 15) is 14.0 Å². The normalized spacial score (nSPS) is 10.6. The van der Waals surface area contributed by atoms with Crippen LogP contribution in [-0.2, 0) is 0 Å². The molecule has 3 aromatic rings. The molecular formula is C17H11FO3S. The van der Waals surface area contributed by atoms with Crippen LogP contribution in [0.5, 0.6) is 5.75 Å². The van der Waals surface area contributed by atoms with Gasteiger partial charge in [0.05, 0.1) is 0 Å². The van der Waals surface area contributed by atoms with Gasteiger partial charge in [-0.3, -0.25) is 4.79 Å². The molecule has 0 unspecified atom stereocenters. The summed E-state index contributed by atoms with van der Waals surface area (Å²) < 4.78 is 19.6. The van der Waals surface area contributed by atoms with Crippen LogP contribution in [0.3, 0.4) is 0 Å². The van der Waals surface area contributed by atoms with Crippen LogP contribution in [0.15, 0.2) is 48.5 Å². The summed E-state index contributed by atoms with van der Waals surface area (Å²) in [4.78, 5) is 23.6. The number of ketones is 1. The number of hydrogen-bond acceptors (Lipinski definition) is 4. The Morgan fingerprint density at radius 3 is 2.45 bits per heavy atom. The number of ether oxygens (including phenoxy) is 1. The highest BCUT2D eigenvalue weighted by atomic mass is 32.1. The summed E-state index contributed by atoms with van der Waals surface area (Å²) in [5.74, 6) is -0.624. The summed E-state index contributed by atoms with van der Waals surface area (Å²) in [6.07, 6.45) is 0. The molecule has 0 amide bonds. The quantitative estimate of drug-likeness (QED) is 0.407. The Kier molecular flexibility index (Phi) is 3.73. The van der Waals surface area contributed by atoms with E-state index in [1.54, 1.807) is 36.4 Å². The number of fused-ring (bicyclic) bond motifs is 1. The second-order valence-corrected chi connectivity index (χ2v) is 5.82. The van der Waals surface area contributed by atoms with Gasteiger partial charge in [-0.05, 0) is 49.4 Å². The zero-order valence-electron chi connectivity index (χ0n) is 11.6. The van der Waals surface area contributed by atoms with Crippen molar-refractivity contribution in [2.75, 3.05) is 0 Å². The highest BCUT2D eigenvalue weighted by Gasteiger charge is 2.14. The van der Waals surface area contributed by atoms with E-state index in [2.05, 4.69) is 0 Å². The van der Waals surface area contributed by atoms with Crippen LogP contribution in [0.25, 0.3) is 10.1 Å². The van der Waals surface area contributed by atoms with Gasteiger partial charge in [-0.2, -0.15) is 0 Å². The third-order valence-electron chi connectivity index (χ3n) is 3.18. The number of thiophene rings is 1. The first-order chi connectivity index (χ1) is 10.5. The zero-order valence-corrected chi connectivity index (χ0v) is 12.4. The summed E-state index contributed by atoms with van der Waals surface area (Å²) in [6, 6.07) is 12.5.